The largest absolute Gasteiger partial charge is 0.467 e. The predicted molar refractivity (Wildman–Crippen MR) is 69.8 cm³/mol. The van der Waals surface area contributed by atoms with E-state index in [-0.39, 0.29) is 0 Å². The zero-order valence-corrected chi connectivity index (χ0v) is 10.6. The van der Waals surface area contributed by atoms with Gasteiger partial charge in [-0.2, -0.15) is 0 Å². The second kappa shape index (κ2) is 5.49. The average Bonchev–Trinajstić information content (AvgIpc) is 2.89. The van der Waals surface area contributed by atoms with Gasteiger partial charge in [-0.1, -0.05) is 0 Å². The Morgan fingerprint density at radius 3 is 2.89 bits per heavy atom. The fraction of sp³-hybridized carbons (Fsp3) is 0.286. The summed E-state index contributed by atoms with van der Waals surface area (Å²) in [5, 5.41) is 0. The zero-order valence-electron chi connectivity index (χ0n) is 10.6. The van der Waals surface area contributed by atoms with Crippen molar-refractivity contribution in [2.75, 3.05) is 11.4 Å². The molecular formula is C14H16N2O2. The molecule has 0 aliphatic heterocycles. The summed E-state index contributed by atoms with van der Waals surface area (Å²) < 4.78 is 5.35. The summed E-state index contributed by atoms with van der Waals surface area (Å²) in [6.07, 6.45) is 4.08. The number of pyridine rings is 1. The molecule has 0 amide bonds. The molecule has 0 radical (unpaired) electrons. The first-order valence-corrected chi connectivity index (χ1v) is 5.93. The van der Waals surface area contributed by atoms with Crippen LogP contribution < -0.4 is 4.90 Å². The van der Waals surface area contributed by atoms with E-state index in [0.29, 0.717) is 12.1 Å². The van der Waals surface area contributed by atoms with Crippen molar-refractivity contribution in [2.45, 2.75) is 20.4 Å². The fourth-order valence-corrected chi connectivity index (χ4v) is 1.91. The van der Waals surface area contributed by atoms with Crippen LogP contribution >= 0.6 is 0 Å². The highest BCUT2D eigenvalue weighted by Gasteiger charge is 2.11. The summed E-state index contributed by atoms with van der Waals surface area (Å²) >= 11 is 0. The third kappa shape index (κ3) is 2.59. The van der Waals surface area contributed by atoms with Crippen molar-refractivity contribution in [1.82, 2.24) is 4.98 Å². The Hall–Kier alpha value is -2.10. The van der Waals surface area contributed by atoms with Gasteiger partial charge in [0.1, 0.15) is 11.6 Å². The van der Waals surface area contributed by atoms with E-state index in [0.717, 1.165) is 30.0 Å². The van der Waals surface area contributed by atoms with Crippen LogP contribution in [0.2, 0.25) is 0 Å². The van der Waals surface area contributed by atoms with Crippen molar-refractivity contribution in [3.8, 4) is 0 Å². The minimum Gasteiger partial charge on any atom is -0.467 e. The Kier molecular flexibility index (Phi) is 3.77. The number of aromatic nitrogens is 1. The highest BCUT2D eigenvalue weighted by atomic mass is 16.3. The van der Waals surface area contributed by atoms with E-state index in [2.05, 4.69) is 16.8 Å². The van der Waals surface area contributed by atoms with Crippen LogP contribution in [-0.2, 0) is 6.54 Å². The maximum atomic E-state index is 10.7. The summed E-state index contributed by atoms with van der Waals surface area (Å²) in [6.45, 7) is 5.53. The molecule has 0 unspecified atom stereocenters. The summed E-state index contributed by atoms with van der Waals surface area (Å²) in [5.74, 6) is 1.79. The first-order valence-electron chi connectivity index (χ1n) is 5.93. The van der Waals surface area contributed by atoms with Crippen molar-refractivity contribution < 1.29 is 9.21 Å². The topological polar surface area (TPSA) is 46.3 Å². The molecule has 0 N–H and O–H groups in total. The number of aryl methyl sites for hydroxylation is 1. The first-order chi connectivity index (χ1) is 8.74. The monoisotopic (exact) mass is 244 g/mol. The Balaban J connectivity index is 2.24. The van der Waals surface area contributed by atoms with Gasteiger partial charge in [-0.15, -0.1) is 0 Å². The van der Waals surface area contributed by atoms with Gasteiger partial charge < -0.3 is 9.32 Å². The van der Waals surface area contributed by atoms with Gasteiger partial charge in [0, 0.05) is 18.3 Å². The molecule has 94 valence electrons. The summed E-state index contributed by atoms with van der Waals surface area (Å²) in [7, 11) is 0. The van der Waals surface area contributed by atoms with Crippen LogP contribution in [0.1, 0.15) is 28.6 Å². The van der Waals surface area contributed by atoms with Gasteiger partial charge in [-0.05, 0) is 37.6 Å². The maximum absolute atomic E-state index is 10.7. The van der Waals surface area contributed by atoms with Crippen LogP contribution in [0.3, 0.4) is 0 Å². The number of nitrogens with zero attached hydrogens (tertiary/aromatic N) is 2. The van der Waals surface area contributed by atoms with Gasteiger partial charge in [0.25, 0.3) is 0 Å². The highest BCUT2D eigenvalue weighted by Crippen LogP contribution is 2.19. The van der Waals surface area contributed by atoms with Crippen molar-refractivity contribution >= 4 is 12.1 Å². The molecule has 2 aromatic heterocycles. The van der Waals surface area contributed by atoms with E-state index in [1.54, 1.807) is 12.5 Å². The predicted octanol–water partition coefficient (Wildman–Crippen LogP) is 2.82. The fourth-order valence-electron chi connectivity index (χ4n) is 1.91. The van der Waals surface area contributed by atoms with Crippen LogP contribution in [0.15, 0.2) is 35.1 Å². The average molecular weight is 244 g/mol. The third-order valence-electron chi connectivity index (χ3n) is 2.82. The van der Waals surface area contributed by atoms with Gasteiger partial charge in [-0.25, -0.2) is 4.98 Å². The molecule has 2 heterocycles. The van der Waals surface area contributed by atoms with E-state index in [1.165, 1.54) is 0 Å². The van der Waals surface area contributed by atoms with E-state index in [9.17, 15) is 4.79 Å². The number of hydrogen-bond donors (Lipinski definition) is 0. The molecule has 18 heavy (non-hydrogen) atoms. The first kappa shape index (κ1) is 12.4. The molecule has 0 spiro atoms. The maximum Gasteiger partial charge on any atom is 0.151 e. The second-order valence-electron chi connectivity index (χ2n) is 4.12. The second-order valence-corrected chi connectivity index (χ2v) is 4.12. The summed E-state index contributed by atoms with van der Waals surface area (Å²) in [6, 6.07) is 5.66. The number of aldehydes is 1. The number of hydrogen-bond acceptors (Lipinski definition) is 4. The Morgan fingerprint density at radius 1 is 1.50 bits per heavy atom. The lowest BCUT2D eigenvalue weighted by Crippen LogP contribution is -2.23. The molecule has 4 heteroatoms. The zero-order chi connectivity index (χ0) is 13.0. The standard InChI is InChI=1S/C14H16N2O2/c1-3-16(9-13-5-4-6-18-13)14-11(2)7-12(10-17)8-15-14/h4-8,10H,3,9H2,1-2H3. The molecule has 0 saturated carbocycles. The molecule has 0 atom stereocenters. The Morgan fingerprint density at radius 2 is 2.33 bits per heavy atom. The van der Waals surface area contributed by atoms with Gasteiger partial charge in [0.2, 0.25) is 0 Å². The molecule has 0 aliphatic carbocycles. The molecule has 4 nitrogen and oxygen atoms in total. The molecule has 0 bridgehead atoms. The van der Waals surface area contributed by atoms with Crippen molar-refractivity contribution in [3.63, 3.8) is 0 Å². The summed E-state index contributed by atoms with van der Waals surface area (Å²) in [4.78, 5) is 17.2. The number of rotatable bonds is 5. The van der Waals surface area contributed by atoms with Crippen LogP contribution in [-0.4, -0.2) is 17.8 Å². The van der Waals surface area contributed by atoms with Gasteiger partial charge in [0.05, 0.1) is 12.8 Å². The van der Waals surface area contributed by atoms with Crippen LogP contribution in [0, 0.1) is 6.92 Å². The van der Waals surface area contributed by atoms with E-state index >= 15 is 0 Å². The van der Waals surface area contributed by atoms with Gasteiger partial charge in [0.15, 0.2) is 6.29 Å². The minimum atomic E-state index is 0.602. The third-order valence-corrected chi connectivity index (χ3v) is 2.82. The lowest BCUT2D eigenvalue weighted by molar-refractivity contribution is 0.112. The highest BCUT2D eigenvalue weighted by molar-refractivity contribution is 5.75. The van der Waals surface area contributed by atoms with Crippen LogP contribution in [0.4, 0.5) is 5.82 Å². The molecule has 0 saturated heterocycles. The molecular weight excluding hydrogens is 228 g/mol. The smallest absolute Gasteiger partial charge is 0.151 e. The molecule has 2 aromatic rings. The van der Waals surface area contributed by atoms with Crippen molar-refractivity contribution in [3.05, 3.63) is 47.5 Å². The SMILES string of the molecule is CCN(Cc1ccco1)c1ncc(C=O)cc1C. The van der Waals surface area contributed by atoms with Gasteiger partial charge >= 0.3 is 0 Å². The van der Waals surface area contributed by atoms with Crippen molar-refractivity contribution in [2.24, 2.45) is 0 Å². The van der Waals surface area contributed by atoms with Crippen LogP contribution in [0.25, 0.3) is 0 Å². The Bertz CT molecular complexity index is 521. The number of anilines is 1. The van der Waals surface area contributed by atoms with E-state index in [1.807, 2.05) is 25.1 Å². The minimum absolute atomic E-state index is 0.602. The number of carbonyl (C=O) groups excluding carboxylic acids is 1. The summed E-state index contributed by atoms with van der Waals surface area (Å²) in [5.41, 5.74) is 1.60. The van der Waals surface area contributed by atoms with Gasteiger partial charge in [-0.3, -0.25) is 4.79 Å². The number of carbonyl (C=O) groups is 1. The normalized spacial score (nSPS) is 10.3. The van der Waals surface area contributed by atoms with Crippen molar-refractivity contribution in [1.29, 1.82) is 0 Å². The molecule has 0 aliphatic rings. The van der Waals surface area contributed by atoms with Crippen LogP contribution in [0.5, 0.6) is 0 Å². The van der Waals surface area contributed by atoms with E-state index in [4.69, 9.17) is 4.42 Å². The molecule has 0 aromatic carbocycles. The lowest BCUT2D eigenvalue weighted by Gasteiger charge is -2.22. The quantitative estimate of drug-likeness (QED) is 0.759. The number of furan rings is 1. The molecule has 0 fully saturated rings. The lowest BCUT2D eigenvalue weighted by atomic mass is 10.2. The Labute approximate surface area is 106 Å². The molecule has 2 rings (SSSR count). The van der Waals surface area contributed by atoms with E-state index < -0.39 is 0 Å².